The fourth-order valence-corrected chi connectivity index (χ4v) is 1.89. The van der Waals surface area contributed by atoms with Crippen molar-refractivity contribution in [3.63, 3.8) is 0 Å². The van der Waals surface area contributed by atoms with Crippen LogP contribution in [0.3, 0.4) is 0 Å². The van der Waals surface area contributed by atoms with Crippen LogP contribution in [0, 0.1) is 6.92 Å². The lowest BCUT2D eigenvalue weighted by Gasteiger charge is -2.12. The molecule has 0 spiro atoms. The van der Waals surface area contributed by atoms with E-state index in [4.69, 9.17) is 9.84 Å². The van der Waals surface area contributed by atoms with Crippen LogP contribution in [-0.4, -0.2) is 11.1 Å². The quantitative estimate of drug-likeness (QED) is 0.841. The van der Waals surface area contributed by atoms with E-state index in [1.807, 2.05) is 55.5 Å². The largest absolute Gasteiger partial charge is 0.488 e. The molecule has 1 N–H and O–H groups in total. The Kier molecular flexibility index (Phi) is 4.56. The second-order valence-corrected chi connectivity index (χ2v) is 4.44. The maximum atomic E-state index is 10.6. The molecule has 0 amide bonds. The zero-order valence-electron chi connectivity index (χ0n) is 11.2. The van der Waals surface area contributed by atoms with Crippen LogP contribution in [-0.2, 0) is 11.4 Å². The minimum absolute atomic E-state index is 0.458. The summed E-state index contributed by atoms with van der Waals surface area (Å²) in [5.41, 5.74) is 2.82. The van der Waals surface area contributed by atoms with Crippen LogP contribution in [0.4, 0.5) is 0 Å². The van der Waals surface area contributed by atoms with Crippen molar-refractivity contribution in [3.05, 3.63) is 71.3 Å². The molecule has 3 nitrogen and oxygen atoms in total. The molecule has 0 saturated heterocycles. The molecule has 0 aromatic heterocycles. The molecule has 0 aliphatic rings. The number of carboxylic acid groups (broad SMARTS) is 1. The number of carbonyl (C=O) groups is 1. The summed E-state index contributed by atoms with van der Waals surface area (Å²) in [6.45, 7) is 2.40. The first kappa shape index (κ1) is 13.9. The SMILES string of the molecule is Cc1cccc(C=CC(=O)O)c1OCc1ccccc1. The Hall–Kier alpha value is -2.55. The van der Waals surface area contributed by atoms with Gasteiger partial charge in [0.1, 0.15) is 12.4 Å². The number of aryl methyl sites for hydroxylation is 1. The van der Waals surface area contributed by atoms with Crippen molar-refractivity contribution in [2.24, 2.45) is 0 Å². The van der Waals surface area contributed by atoms with Gasteiger partial charge in [0.05, 0.1) is 0 Å². The summed E-state index contributed by atoms with van der Waals surface area (Å²) < 4.78 is 5.84. The molecule has 2 rings (SSSR count). The molecule has 0 heterocycles. The van der Waals surface area contributed by atoms with Gasteiger partial charge >= 0.3 is 5.97 Å². The highest BCUT2D eigenvalue weighted by Crippen LogP contribution is 2.25. The van der Waals surface area contributed by atoms with E-state index < -0.39 is 5.97 Å². The summed E-state index contributed by atoms with van der Waals surface area (Å²) in [7, 11) is 0. The van der Waals surface area contributed by atoms with Gasteiger partial charge in [-0.1, -0.05) is 48.5 Å². The highest BCUT2D eigenvalue weighted by Gasteiger charge is 2.05. The first-order valence-corrected chi connectivity index (χ1v) is 6.34. The van der Waals surface area contributed by atoms with E-state index in [1.165, 1.54) is 0 Å². The zero-order chi connectivity index (χ0) is 14.4. The normalized spacial score (nSPS) is 10.7. The molecule has 0 bridgehead atoms. The van der Waals surface area contributed by atoms with Crippen molar-refractivity contribution in [2.75, 3.05) is 0 Å². The lowest BCUT2D eigenvalue weighted by atomic mass is 10.1. The smallest absolute Gasteiger partial charge is 0.328 e. The molecule has 2 aromatic carbocycles. The van der Waals surface area contributed by atoms with E-state index in [9.17, 15) is 4.79 Å². The van der Waals surface area contributed by atoms with E-state index >= 15 is 0 Å². The summed E-state index contributed by atoms with van der Waals surface area (Å²) in [5, 5.41) is 8.72. The molecule has 0 saturated carbocycles. The molecule has 0 aliphatic heterocycles. The van der Waals surface area contributed by atoms with Crippen molar-refractivity contribution >= 4 is 12.0 Å². The third kappa shape index (κ3) is 3.72. The third-order valence-corrected chi connectivity index (χ3v) is 2.87. The molecule has 0 fully saturated rings. The topological polar surface area (TPSA) is 46.5 Å². The van der Waals surface area contributed by atoms with E-state index in [0.29, 0.717) is 12.4 Å². The molecule has 20 heavy (non-hydrogen) atoms. The number of aliphatic carboxylic acids is 1. The third-order valence-electron chi connectivity index (χ3n) is 2.87. The summed E-state index contributed by atoms with van der Waals surface area (Å²) in [6, 6.07) is 15.5. The number of para-hydroxylation sites is 1. The maximum absolute atomic E-state index is 10.6. The van der Waals surface area contributed by atoms with Gasteiger partial charge in [-0.3, -0.25) is 0 Å². The highest BCUT2D eigenvalue weighted by atomic mass is 16.5. The Morgan fingerprint density at radius 3 is 2.60 bits per heavy atom. The van der Waals surface area contributed by atoms with Crippen molar-refractivity contribution in [1.82, 2.24) is 0 Å². The van der Waals surface area contributed by atoms with Gasteiger partial charge in [-0.15, -0.1) is 0 Å². The van der Waals surface area contributed by atoms with Gasteiger partial charge in [-0.25, -0.2) is 4.79 Å². The minimum atomic E-state index is -0.972. The number of rotatable bonds is 5. The average Bonchev–Trinajstić information content (AvgIpc) is 2.45. The van der Waals surface area contributed by atoms with Crippen LogP contribution in [0.1, 0.15) is 16.7 Å². The number of benzene rings is 2. The van der Waals surface area contributed by atoms with E-state index in [2.05, 4.69) is 0 Å². The van der Waals surface area contributed by atoms with Gasteiger partial charge in [0, 0.05) is 11.6 Å². The van der Waals surface area contributed by atoms with Crippen molar-refractivity contribution in [3.8, 4) is 5.75 Å². The van der Waals surface area contributed by atoms with Crippen LogP contribution in [0.2, 0.25) is 0 Å². The Balaban J connectivity index is 2.19. The zero-order valence-corrected chi connectivity index (χ0v) is 11.2. The minimum Gasteiger partial charge on any atom is -0.488 e. The van der Waals surface area contributed by atoms with E-state index in [1.54, 1.807) is 6.08 Å². The number of hydrogen-bond donors (Lipinski definition) is 1. The molecule has 102 valence electrons. The van der Waals surface area contributed by atoms with Gasteiger partial charge in [0.2, 0.25) is 0 Å². The summed E-state index contributed by atoms with van der Waals surface area (Å²) >= 11 is 0. The Morgan fingerprint density at radius 1 is 1.15 bits per heavy atom. The average molecular weight is 268 g/mol. The van der Waals surface area contributed by atoms with Crippen molar-refractivity contribution in [1.29, 1.82) is 0 Å². The fraction of sp³-hybridized carbons (Fsp3) is 0.118. The Labute approximate surface area is 118 Å². The maximum Gasteiger partial charge on any atom is 0.328 e. The summed E-state index contributed by atoms with van der Waals surface area (Å²) in [6.07, 6.45) is 2.67. The van der Waals surface area contributed by atoms with Crippen LogP contribution in [0.15, 0.2) is 54.6 Å². The summed E-state index contributed by atoms with van der Waals surface area (Å²) in [5.74, 6) is -0.255. The monoisotopic (exact) mass is 268 g/mol. The van der Waals surface area contributed by atoms with Gasteiger partial charge in [0.25, 0.3) is 0 Å². The molecule has 0 aliphatic carbocycles. The molecule has 0 radical (unpaired) electrons. The first-order chi connectivity index (χ1) is 9.66. The predicted molar refractivity (Wildman–Crippen MR) is 78.6 cm³/mol. The molecule has 0 atom stereocenters. The van der Waals surface area contributed by atoms with Crippen LogP contribution >= 0.6 is 0 Å². The van der Waals surface area contributed by atoms with E-state index in [-0.39, 0.29) is 0 Å². The highest BCUT2D eigenvalue weighted by molar-refractivity contribution is 5.86. The van der Waals surface area contributed by atoms with Gasteiger partial charge in [0.15, 0.2) is 0 Å². The van der Waals surface area contributed by atoms with Crippen LogP contribution < -0.4 is 4.74 Å². The summed E-state index contributed by atoms with van der Waals surface area (Å²) in [4.78, 5) is 10.6. The van der Waals surface area contributed by atoms with Crippen molar-refractivity contribution in [2.45, 2.75) is 13.5 Å². The van der Waals surface area contributed by atoms with Crippen LogP contribution in [0.5, 0.6) is 5.75 Å². The second-order valence-electron chi connectivity index (χ2n) is 4.44. The van der Waals surface area contributed by atoms with Gasteiger partial charge in [-0.2, -0.15) is 0 Å². The standard InChI is InChI=1S/C17H16O3/c1-13-6-5-9-15(10-11-16(18)19)17(13)20-12-14-7-3-2-4-8-14/h2-11H,12H2,1H3,(H,18,19). The van der Waals surface area contributed by atoms with Crippen LogP contribution in [0.25, 0.3) is 6.08 Å². The van der Waals surface area contributed by atoms with Gasteiger partial charge < -0.3 is 9.84 Å². The second kappa shape index (κ2) is 6.57. The molecule has 0 unspecified atom stereocenters. The lowest BCUT2D eigenvalue weighted by Crippen LogP contribution is -1.99. The Bertz CT molecular complexity index is 615. The number of carboxylic acids is 1. The molecular formula is C17H16O3. The first-order valence-electron chi connectivity index (χ1n) is 6.34. The van der Waals surface area contributed by atoms with Crippen molar-refractivity contribution < 1.29 is 14.6 Å². The predicted octanol–water partition coefficient (Wildman–Crippen LogP) is 3.67. The molecule has 3 heteroatoms. The Morgan fingerprint density at radius 2 is 1.90 bits per heavy atom. The number of ether oxygens (including phenoxy) is 1. The fourth-order valence-electron chi connectivity index (χ4n) is 1.89. The van der Waals surface area contributed by atoms with Gasteiger partial charge in [-0.05, 0) is 24.1 Å². The lowest BCUT2D eigenvalue weighted by molar-refractivity contribution is -0.131. The molecular weight excluding hydrogens is 252 g/mol. The molecule has 2 aromatic rings. The van der Waals surface area contributed by atoms with E-state index in [0.717, 1.165) is 22.8 Å². The number of hydrogen-bond acceptors (Lipinski definition) is 2.